The normalized spacial score (nSPS) is 14.4. The van der Waals surface area contributed by atoms with Crippen LogP contribution in [0.3, 0.4) is 0 Å². The Labute approximate surface area is 161 Å². The predicted molar refractivity (Wildman–Crippen MR) is 101 cm³/mol. The molecule has 144 valence electrons. The number of hydrogen-bond acceptors (Lipinski definition) is 4. The number of carbonyl (C=O) groups is 1. The molecule has 1 saturated heterocycles. The van der Waals surface area contributed by atoms with E-state index in [4.69, 9.17) is 0 Å². The minimum Gasteiger partial charge on any atom is -0.353 e. The molecule has 0 unspecified atom stereocenters. The van der Waals surface area contributed by atoms with Crippen LogP contribution in [0.5, 0.6) is 0 Å². The van der Waals surface area contributed by atoms with Gasteiger partial charge in [0.05, 0.1) is 5.56 Å². The highest BCUT2D eigenvalue weighted by atomic mass is 19.1. The number of rotatable bonds is 3. The summed E-state index contributed by atoms with van der Waals surface area (Å²) < 4.78 is 28.9. The van der Waals surface area contributed by atoms with Crippen LogP contribution in [-0.2, 0) is 0 Å². The molecule has 3 heterocycles. The Kier molecular flexibility index (Phi) is 4.77. The molecule has 4 rings (SSSR count). The number of carbonyl (C=O) groups excluding carboxylic acids is 1. The second-order valence-electron chi connectivity index (χ2n) is 6.63. The molecule has 0 N–H and O–H groups in total. The maximum absolute atomic E-state index is 13.9. The number of halogens is 2. The van der Waals surface area contributed by atoms with Gasteiger partial charge in [0.25, 0.3) is 5.91 Å². The second-order valence-corrected chi connectivity index (χ2v) is 6.63. The van der Waals surface area contributed by atoms with Gasteiger partial charge in [-0.1, -0.05) is 0 Å². The van der Waals surface area contributed by atoms with Crippen molar-refractivity contribution < 1.29 is 13.6 Å². The molecule has 0 aliphatic carbocycles. The van der Waals surface area contributed by atoms with Gasteiger partial charge in [0.15, 0.2) is 0 Å². The number of anilines is 1. The lowest BCUT2D eigenvalue weighted by Gasteiger charge is -2.35. The summed E-state index contributed by atoms with van der Waals surface area (Å²) in [4.78, 5) is 25.2. The minimum atomic E-state index is -0.838. The number of benzene rings is 1. The molecule has 0 saturated carbocycles. The Bertz CT molecular complexity index is 998. The van der Waals surface area contributed by atoms with Gasteiger partial charge in [-0.05, 0) is 31.2 Å². The quantitative estimate of drug-likeness (QED) is 0.698. The van der Waals surface area contributed by atoms with Crippen molar-refractivity contribution in [3.8, 4) is 5.82 Å². The number of amides is 1. The smallest absolute Gasteiger partial charge is 0.256 e. The number of nitrogens with zero attached hydrogens (tertiary/aromatic N) is 5. The van der Waals surface area contributed by atoms with Crippen molar-refractivity contribution in [2.75, 3.05) is 31.1 Å². The fraction of sp³-hybridized carbons (Fsp3) is 0.250. The third-order valence-corrected chi connectivity index (χ3v) is 4.73. The first-order valence-corrected chi connectivity index (χ1v) is 8.99. The van der Waals surface area contributed by atoms with Crippen LogP contribution in [0.1, 0.15) is 16.2 Å². The van der Waals surface area contributed by atoms with Crippen LogP contribution in [0.4, 0.5) is 14.6 Å². The highest BCUT2D eigenvalue weighted by Crippen LogP contribution is 2.19. The number of aryl methyl sites for hydroxylation is 1. The topological polar surface area (TPSA) is 54.3 Å². The maximum atomic E-state index is 13.9. The van der Waals surface area contributed by atoms with Crippen LogP contribution in [0.25, 0.3) is 5.82 Å². The van der Waals surface area contributed by atoms with Gasteiger partial charge in [-0.3, -0.25) is 4.79 Å². The molecule has 8 heteroatoms. The monoisotopic (exact) mass is 383 g/mol. The SMILES string of the molecule is Cc1nc(N2CCN(C(=O)c3ccc(F)cc3F)CC2)cc(-n2cccc2)n1. The molecule has 3 aromatic rings. The Morgan fingerprint density at radius 1 is 0.964 bits per heavy atom. The number of hydrogen-bond donors (Lipinski definition) is 0. The fourth-order valence-corrected chi connectivity index (χ4v) is 3.29. The van der Waals surface area contributed by atoms with Gasteiger partial charge in [-0.15, -0.1) is 0 Å². The van der Waals surface area contributed by atoms with Crippen molar-refractivity contribution >= 4 is 11.7 Å². The Morgan fingerprint density at radius 2 is 1.64 bits per heavy atom. The molecule has 1 fully saturated rings. The van der Waals surface area contributed by atoms with Crippen LogP contribution in [-0.4, -0.2) is 51.5 Å². The molecule has 1 aliphatic rings. The van der Waals surface area contributed by atoms with E-state index >= 15 is 0 Å². The van der Waals surface area contributed by atoms with Crippen molar-refractivity contribution in [2.45, 2.75) is 6.92 Å². The van der Waals surface area contributed by atoms with Crippen LogP contribution in [0.2, 0.25) is 0 Å². The molecule has 1 aliphatic heterocycles. The van der Waals surface area contributed by atoms with E-state index in [1.165, 1.54) is 6.07 Å². The van der Waals surface area contributed by atoms with Crippen LogP contribution >= 0.6 is 0 Å². The molecule has 28 heavy (non-hydrogen) atoms. The fourth-order valence-electron chi connectivity index (χ4n) is 3.29. The summed E-state index contributed by atoms with van der Waals surface area (Å²) in [5, 5.41) is 0. The van der Waals surface area contributed by atoms with Gasteiger partial charge >= 0.3 is 0 Å². The third kappa shape index (κ3) is 3.58. The first-order valence-electron chi connectivity index (χ1n) is 8.99. The lowest BCUT2D eigenvalue weighted by Crippen LogP contribution is -2.49. The number of aromatic nitrogens is 3. The zero-order valence-corrected chi connectivity index (χ0v) is 15.3. The largest absolute Gasteiger partial charge is 0.353 e. The predicted octanol–water partition coefficient (Wildman–Crippen LogP) is 2.82. The van der Waals surface area contributed by atoms with Gasteiger partial charge in [0.2, 0.25) is 0 Å². The van der Waals surface area contributed by atoms with E-state index in [0.29, 0.717) is 32.0 Å². The second kappa shape index (κ2) is 7.38. The Morgan fingerprint density at radius 3 is 2.32 bits per heavy atom. The number of piperazine rings is 1. The lowest BCUT2D eigenvalue weighted by molar-refractivity contribution is 0.0741. The van der Waals surface area contributed by atoms with Gasteiger partial charge in [0, 0.05) is 50.7 Å². The Balaban J connectivity index is 1.48. The average Bonchev–Trinajstić information content (AvgIpc) is 3.22. The molecule has 1 amide bonds. The van der Waals surface area contributed by atoms with Gasteiger partial charge in [-0.2, -0.15) is 0 Å². The van der Waals surface area contributed by atoms with E-state index in [2.05, 4.69) is 14.9 Å². The summed E-state index contributed by atoms with van der Waals surface area (Å²) >= 11 is 0. The van der Waals surface area contributed by atoms with Crippen LogP contribution in [0, 0.1) is 18.6 Å². The maximum Gasteiger partial charge on any atom is 0.256 e. The van der Waals surface area contributed by atoms with Gasteiger partial charge < -0.3 is 14.4 Å². The van der Waals surface area contributed by atoms with Gasteiger partial charge in [-0.25, -0.2) is 18.7 Å². The first kappa shape index (κ1) is 18.1. The molecule has 1 aromatic carbocycles. The van der Waals surface area contributed by atoms with E-state index in [9.17, 15) is 13.6 Å². The van der Waals surface area contributed by atoms with Crippen molar-refractivity contribution in [1.82, 2.24) is 19.4 Å². The summed E-state index contributed by atoms with van der Waals surface area (Å²) in [5.74, 6) is 0.263. The molecule has 6 nitrogen and oxygen atoms in total. The highest BCUT2D eigenvalue weighted by molar-refractivity contribution is 5.94. The highest BCUT2D eigenvalue weighted by Gasteiger charge is 2.25. The van der Waals surface area contributed by atoms with E-state index in [-0.39, 0.29) is 5.56 Å². The molecular weight excluding hydrogens is 364 g/mol. The van der Waals surface area contributed by atoms with Gasteiger partial charge in [0.1, 0.15) is 29.1 Å². The zero-order chi connectivity index (χ0) is 19.7. The standard InChI is InChI=1S/C20H19F2N5O/c1-14-23-18(25-6-2-3-7-25)13-19(24-14)26-8-10-27(11-9-26)20(28)16-5-4-15(21)12-17(16)22/h2-7,12-13H,8-11H2,1H3. The first-order chi connectivity index (χ1) is 13.5. The molecule has 0 bridgehead atoms. The third-order valence-electron chi connectivity index (χ3n) is 4.73. The minimum absolute atomic E-state index is 0.109. The van der Waals surface area contributed by atoms with Crippen molar-refractivity contribution in [3.63, 3.8) is 0 Å². The summed E-state index contributed by atoms with van der Waals surface area (Å²) in [5.41, 5.74) is -0.109. The van der Waals surface area contributed by atoms with Crippen LogP contribution in [0.15, 0.2) is 48.8 Å². The van der Waals surface area contributed by atoms with E-state index < -0.39 is 17.5 Å². The zero-order valence-electron chi connectivity index (χ0n) is 15.3. The summed E-state index contributed by atoms with van der Waals surface area (Å²) in [7, 11) is 0. The van der Waals surface area contributed by atoms with E-state index in [0.717, 1.165) is 23.8 Å². The Hall–Kier alpha value is -3.29. The molecular formula is C20H19F2N5O. The molecule has 0 radical (unpaired) electrons. The summed E-state index contributed by atoms with van der Waals surface area (Å²) in [6.07, 6.45) is 3.83. The summed E-state index contributed by atoms with van der Waals surface area (Å²) in [6.45, 7) is 3.83. The lowest BCUT2D eigenvalue weighted by atomic mass is 10.1. The van der Waals surface area contributed by atoms with Crippen molar-refractivity contribution in [2.24, 2.45) is 0 Å². The van der Waals surface area contributed by atoms with Crippen molar-refractivity contribution in [3.05, 3.63) is 71.8 Å². The molecule has 0 atom stereocenters. The van der Waals surface area contributed by atoms with Crippen molar-refractivity contribution in [1.29, 1.82) is 0 Å². The average molecular weight is 383 g/mol. The summed E-state index contributed by atoms with van der Waals surface area (Å²) in [6, 6.07) is 8.78. The molecule has 0 spiro atoms. The van der Waals surface area contributed by atoms with E-state index in [1.54, 1.807) is 4.90 Å². The molecule has 2 aromatic heterocycles. The van der Waals surface area contributed by atoms with E-state index in [1.807, 2.05) is 42.1 Å². The van der Waals surface area contributed by atoms with Crippen LogP contribution < -0.4 is 4.90 Å².